The van der Waals surface area contributed by atoms with E-state index in [9.17, 15) is 5.11 Å². The Morgan fingerprint density at radius 3 is 2.56 bits per heavy atom. The summed E-state index contributed by atoms with van der Waals surface area (Å²) >= 11 is 1.35. The molecule has 3 nitrogen and oxygen atoms in total. The van der Waals surface area contributed by atoms with Gasteiger partial charge in [0.05, 0.1) is 31.8 Å². The third-order valence-corrected chi connectivity index (χ3v) is 3.39. The van der Waals surface area contributed by atoms with Crippen molar-refractivity contribution in [3.8, 4) is 0 Å². The lowest BCUT2D eigenvalue weighted by Gasteiger charge is -2.38. The number of hydrogen-bond acceptors (Lipinski definition) is 4. The van der Waals surface area contributed by atoms with E-state index in [1.807, 2.05) is 12.1 Å². The van der Waals surface area contributed by atoms with Crippen molar-refractivity contribution in [2.75, 3.05) is 26.4 Å². The van der Waals surface area contributed by atoms with Crippen LogP contribution in [0.1, 0.15) is 5.56 Å². The van der Waals surface area contributed by atoms with Crippen molar-refractivity contribution >= 4 is 12.0 Å². The molecule has 1 aliphatic heterocycles. The van der Waals surface area contributed by atoms with E-state index >= 15 is 0 Å². The van der Waals surface area contributed by atoms with Crippen LogP contribution in [-0.4, -0.2) is 31.5 Å². The summed E-state index contributed by atoms with van der Waals surface area (Å²) in [5.41, 5.74) is 1.07. The summed E-state index contributed by atoms with van der Waals surface area (Å²) in [6.07, 6.45) is 0. The van der Waals surface area contributed by atoms with Crippen molar-refractivity contribution in [3.05, 3.63) is 29.8 Å². The molecule has 0 saturated carbocycles. The molecule has 0 aromatic heterocycles. The van der Waals surface area contributed by atoms with Crippen molar-refractivity contribution in [3.63, 3.8) is 0 Å². The van der Waals surface area contributed by atoms with Gasteiger partial charge in [0.1, 0.15) is 0 Å². The van der Waals surface area contributed by atoms with Gasteiger partial charge in [-0.3, -0.25) is 0 Å². The van der Waals surface area contributed by atoms with Crippen LogP contribution >= 0.6 is 12.0 Å². The van der Waals surface area contributed by atoms with Gasteiger partial charge >= 0.3 is 0 Å². The number of aliphatic hydroxyl groups excluding tert-OH is 1. The third-order valence-electron chi connectivity index (χ3n) is 2.69. The minimum Gasteiger partial charge on any atom is -0.396 e. The summed E-state index contributed by atoms with van der Waals surface area (Å²) in [6.45, 7) is 3.90. The summed E-state index contributed by atoms with van der Waals surface area (Å²) < 4.78 is 10.6. The van der Waals surface area contributed by atoms with E-state index in [0.717, 1.165) is 4.90 Å². The molecule has 1 aromatic rings. The number of aryl methyl sites for hydroxylation is 1. The van der Waals surface area contributed by atoms with Crippen molar-refractivity contribution in [1.29, 1.82) is 0 Å². The first-order valence-corrected chi connectivity index (χ1v) is 6.03. The van der Waals surface area contributed by atoms with Crippen LogP contribution < -0.4 is 0 Å². The SMILES string of the molecule is Cc1ccc(SOCC2(CO)COC2)cc1. The van der Waals surface area contributed by atoms with Gasteiger partial charge in [-0.15, -0.1) is 0 Å². The van der Waals surface area contributed by atoms with E-state index in [-0.39, 0.29) is 12.0 Å². The molecule has 1 heterocycles. The van der Waals surface area contributed by atoms with E-state index in [2.05, 4.69) is 19.1 Å². The Hall–Kier alpha value is -0.550. The maximum Gasteiger partial charge on any atom is 0.0741 e. The molecule has 1 aromatic carbocycles. The van der Waals surface area contributed by atoms with Crippen molar-refractivity contribution in [1.82, 2.24) is 0 Å². The average molecular weight is 240 g/mol. The lowest BCUT2D eigenvalue weighted by molar-refractivity contribution is -0.151. The fourth-order valence-electron chi connectivity index (χ4n) is 1.43. The summed E-state index contributed by atoms with van der Waals surface area (Å²) in [5, 5.41) is 9.20. The van der Waals surface area contributed by atoms with E-state index in [1.54, 1.807) is 0 Å². The molecule has 1 N–H and O–H groups in total. The summed E-state index contributed by atoms with van der Waals surface area (Å²) in [6, 6.07) is 8.17. The second-order valence-electron chi connectivity index (χ2n) is 4.31. The minimum absolute atomic E-state index is 0.126. The molecule has 2 rings (SSSR count). The number of aliphatic hydroxyl groups is 1. The minimum atomic E-state index is -0.169. The van der Waals surface area contributed by atoms with Gasteiger partial charge < -0.3 is 14.0 Å². The molecule has 0 aliphatic carbocycles. The first-order chi connectivity index (χ1) is 7.74. The first-order valence-electron chi connectivity index (χ1n) is 5.29. The molecule has 1 fully saturated rings. The number of ether oxygens (including phenoxy) is 1. The Bertz CT molecular complexity index is 327. The zero-order valence-corrected chi connectivity index (χ0v) is 10.1. The Labute approximate surface area is 100.0 Å². The molecule has 4 heteroatoms. The predicted octanol–water partition coefficient (Wildman–Crippen LogP) is 2.03. The molecule has 1 aliphatic rings. The van der Waals surface area contributed by atoms with Crippen LogP contribution in [0, 0.1) is 12.3 Å². The van der Waals surface area contributed by atoms with Crippen molar-refractivity contribution in [2.24, 2.45) is 5.41 Å². The summed E-state index contributed by atoms with van der Waals surface area (Å²) in [7, 11) is 0. The molecule has 0 unspecified atom stereocenters. The van der Waals surface area contributed by atoms with Crippen molar-refractivity contribution in [2.45, 2.75) is 11.8 Å². The second-order valence-corrected chi connectivity index (χ2v) is 5.18. The van der Waals surface area contributed by atoms with Gasteiger partial charge in [-0.05, 0) is 19.1 Å². The smallest absolute Gasteiger partial charge is 0.0741 e. The quantitative estimate of drug-likeness (QED) is 0.799. The highest BCUT2D eigenvalue weighted by atomic mass is 32.2. The third kappa shape index (κ3) is 2.77. The molecule has 0 radical (unpaired) electrons. The summed E-state index contributed by atoms with van der Waals surface area (Å²) in [4.78, 5) is 1.08. The van der Waals surface area contributed by atoms with Crippen LogP contribution in [0.5, 0.6) is 0 Å². The van der Waals surface area contributed by atoms with Crippen LogP contribution in [0.15, 0.2) is 29.2 Å². The van der Waals surface area contributed by atoms with E-state index < -0.39 is 0 Å². The standard InChI is InChI=1S/C12H16O3S/c1-10-2-4-11(5-3-10)16-15-9-12(6-13)7-14-8-12/h2-5,13H,6-9H2,1H3. The molecule has 0 bridgehead atoms. The van der Waals surface area contributed by atoms with Gasteiger partial charge in [-0.2, -0.15) is 0 Å². The highest BCUT2D eigenvalue weighted by Gasteiger charge is 2.38. The molecule has 0 amide bonds. The highest BCUT2D eigenvalue weighted by molar-refractivity contribution is 7.94. The second kappa shape index (κ2) is 5.19. The van der Waals surface area contributed by atoms with Crippen LogP contribution in [0.2, 0.25) is 0 Å². The molecule has 0 atom stereocenters. The maximum atomic E-state index is 9.20. The van der Waals surface area contributed by atoms with Crippen LogP contribution in [0.4, 0.5) is 0 Å². The fourth-order valence-corrected chi connectivity index (χ4v) is 2.12. The Morgan fingerprint density at radius 1 is 1.38 bits per heavy atom. The normalized spacial score (nSPS) is 18.1. The maximum absolute atomic E-state index is 9.20. The molecule has 0 spiro atoms. The highest BCUT2D eigenvalue weighted by Crippen LogP contribution is 2.30. The van der Waals surface area contributed by atoms with E-state index in [4.69, 9.17) is 8.92 Å². The van der Waals surface area contributed by atoms with E-state index in [0.29, 0.717) is 19.8 Å². The summed E-state index contributed by atoms with van der Waals surface area (Å²) in [5.74, 6) is 0. The number of benzene rings is 1. The van der Waals surface area contributed by atoms with Crippen molar-refractivity contribution < 1.29 is 14.0 Å². The van der Waals surface area contributed by atoms with Gasteiger partial charge in [0, 0.05) is 16.9 Å². The van der Waals surface area contributed by atoms with Crippen LogP contribution in [0.25, 0.3) is 0 Å². The number of rotatable bonds is 5. The zero-order chi connectivity index (χ0) is 11.4. The van der Waals surface area contributed by atoms with Crippen LogP contribution in [0.3, 0.4) is 0 Å². The predicted molar refractivity (Wildman–Crippen MR) is 63.3 cm³/mol. The average Bonchev–Trinajstić information content (AvgIpc) is 2.25. The first kappa shape index (κ1) is 11.9. The van der Waals surface area contributed by atoms with Gasteiger partial charge in [0.2, 0.25) is 0 Å². The molecule has 1 saturated heterocycles. The lowest BCUT2D eigenvalue weighted by Crippen LogP contribution is -2.48. The molecule has 16 heavy (non-hydrogen) atoms. The molecule has 88 valence electrons. The molecular weight excluding hydrogens is 224 g/mol. The van der Waals surface area contributed by atoms with Crippen LogP contribution in [-0.2, 0) is 8.92 Å². The lowest BCUT2D eigenvalue weighted by atomic mass is 9.88. The number of hydrogen-bond donors (Lipinski definition) is 1. The Balaban J connectivity index is 1.77. The Kier molecular flexibility index (Phi) is 3.86. The zero-order valence-electron chi connectivity index (χ0n) is 9.31. The van der Waals surface area contributed by atoms with Gasteiger partial charge in [-0.1, -0.05) is 17.7 Å². The topological polar surface area (TPSA) is 38.7 Å². The van der Waals surface area contributed by atoms with Gasteiger partial charge in [0.15, 0.2) is 0 Å². The van der Waals surface area contributed by atoms with E-state index in [1.165, 1.54) is 17.6 Å². The van der Waals surface area contributed by atoms with Gasteiger partial charge in [-0.25, -0.2) is 0 Å². The fraction of sp³-hybridized carbons (Fsp3) is 0.500. The van der Waals surface area contributed by atoms with Gasteiger partial charge in [0.25, 0.3) is 0 Å². The largest absolute Gasteiger partial charge is 0.396 e. The Morgan fingerprint density at radius 2 is 2.06 bits per heavy atom. The molecular formula is C12H16O3S. The monoisotopic (exact) mass is 240 g/mol.